The fourth-order valence-corrected chi connectivity index (χ4v) is 2.96. The van der Waals surface area contributed by atoms with Gasteiger partial charge in [-0.1, -0.05) is 18.2 Å². The first-order chi connectivity index (χ1) is 13.1. The molecule has 10 heteroatoms. The van der Waals surface area contributed by atoms with Crippen LogP contribution in [0.1, 0.15) is 16.6 Å². The van der Waals surface area contributed by atoms with Gasteiger partial charge in [0.25, 0.3) is 0 Å². The van der Waals surface area contributed by atoms with Crippen molar-refractivity contribution < 1.29 is 24.5 Å². The number of ether oxygens (including phenoxy) is 2. The minimum atomic E-state index is -1.37. The first kappa shape index (κ1) is 17.3. The lowest BCUT2D eigenvalue weighted by molar-refractivity contribution is -0.210. The lowest BCUT2D eigenvalue weighted by Crippen LogP contribution is -2.52. The average molecular weight is 371 g/mol. The quantitative estimate of drug-likeness (QED) is 0.536. The third kappa shape index (κ3) is 3.10. The Morgan fingerprint density at radius 3 is 2.74 bits per heavy atom. The number of carbonyl (C=O) groups excluding carboxylic acids is 1. The Morgan fingerprint density at radius 1 is 1.19 bits per heavy atom. The van der Waals surface area contributed by atoms with Gasteiger partial charge in [-0.15, -0.1) is 0 Å². The molecule has 3 aromatic rings. The van der Waals surface area contributed by atoms with Gasteiger partial charge in [0.1, 0.15) is 24.1 Å². The summed E-state index contributed by atoms with van der Waals surface area (Å²) in [4.78, 5) is 24.2. The lowest BCUT2D eigenvalue weighted by atomic mass is 10.0. The number of hydrogen-bond acceptors (Lipinski definition) is 9. The maximum atomic E-state index is 12.2. The molecule has 3 unspecified atom stereocenters. The smallest absolute Gasteiger partial charge is 0.338 e. The largest absolute Gasteiger partial charge is 0.453 e. The van der Waals surface area contributed by atoms with E-state index in [4.69, 9.17) is 15.2 Å². The SMILES string of the molecule is Nc1ncnc2c1ncn2C1OC[C@@H](OC(=O)c2ccccc2)C(O)C1O. The Labute approximate surface area is 153 Å². The summed E-state index contributed by atoms with van der Waals surface area (Å²) < 4.78 is 12.4. The van der Waals surface area contributed by atoms with E-state index in [0.29, 0.717) is 16.7 Å². The molecule has 3 heterocycles. The third-order valence-electron chi connectivity index (χ3n) is 4.38. The van der Waals surface area contributed by atoms with Crippen molar-refractivity contribution in [2.45, 2.75) is 24.5 Å². The van der Waals surface area contributed by atoms with E-state index < -0.39 is 30.5 Å². The van der Waals surface area contributed by atoms with E-state index in [2.05, 4.69) is 15.0 Å². The predicted molar refractivity (Wildman–Crippen MR) is 92.4 cm³/mol. The van der Waals surface area contributed by atoms with Gasteiger partial charge < -0.3 is 25.4 Å². The zero-order chi connectivity index (χ0) is 19.0. The van der Waals surface area contributed by atoms with Crippen molar-refractivity contribution in [1.82, 2.24) is 19.5 Å². The van der Waals surface area contributed by atoms with Crippen LogP contribution in [0.25, 0.3) is 11.2 Å². The van der Waals surface area contributed by atoms with Gasteiger partial charge in [0.15, 0.2) is 23.8 Å². The molecule has 0 amide bonds. The fourth-order valence-electron chi connectivity index (χ4n) is 2.96. The number of aromatic nitrogens is 4. The molecule has 4 N–H and O–H groups in total. The first-order valence-corrected chi connectivity index (χ1v) is 8.23. The molecule has 140 valence electrons. The van der Waals surface area contributed by atoms with Gasteiger partial charge in [0.05, 0.1) is 18.5 Å². The number of esters is 1. The summed E-state index contributed by atoms with van der Waals surface area (Å²) in [5.74, 6) is -0.415. The number of nitrogens with two attached hydrogens (primary N) is 1. The highest BCUT2D eigenvalue weighted by atomic mass is 16.6. The van der Waals surface area contributed by atoms with Gasteiger partial charge in [-0.25, -0.2) is 19.7 Å². The normalized spacial score (nSPS) is 25.4. The van der Waals surface area contributed by atoms with Crippen LogP contribution >= 0.6 is 0 Å². The molecule has 0 radical (unpaired) electrons. The second kappa shape index (κ2) is 6.91. The van der Waals surface area contributed by atoms with Crippen molar-refractivity contribution in [2.75, 3.05) is 12.3 Å². The van der Waals surface area contributed by atoms with E-state index >= 15 is 0 Å². The molecule has 1 fully saturated rings. The molecule has 4 atom stereocenters. The van der Waals surface area contributed by atoms with E-state index in [1.807, 2.05) is 0 Å². The van der Waals surface area contributed by atoms with Crippen molar-refractivity contribution in [3.63, 3.8) is 0 Å². The highest BCUT2D eigenvalue weighted by Crippen LogP contribution is 2.29. The Morgan fingerprint density at radius 2 is 1.96 bits per heavy atom. The molecule has 27 heavy (non-hydrogen) atoms. The summed E-state index contributed by atoms with van der Waals surface area (Å²) >= 11 is 0. The molecule has 0 aliphatic carbocycles. The zero-order valence-electron chi connectivity index (χ0n) is 14.0. The topological polar surface area (TPSA) is 146 Å². The molecule has 1 aliphatic rings. The summed E-state index contributed by atoms with van der Waals surface area (Å²) in [6, 6.07) is 8.37. The van der Waals surface area contributed by atoms with Gasteiger partial charge in [-0.2, -0.15) is 0 Å². The number of aliphatic hydroxyl groups excluding tert-OH is 2. The number of anilines is 1. The highest BCUT2D eigenvalue weighted by Gasteiger charge is 2.42. The number of nitrogens with zero attached hydrogens (tertiary/aromatic N) is 4. The van der Waals surface area contributed by atoms with E-state index in [1.54, 1.807) is 30.3 Å². The molecular weight excluding hydrogens is 354 g/mol. The number of nitrogen functional groups attached to an aromatic ring is 1. The monoisotopic (exact) mass is 371 g/mol. The Bertz CT molecular complexity index is 963. The summed E-state index contributed by atoms with van der Waals surface area (Å²) in [6.45, 7) is -0.109. The average Bonchev–Trinajstić information content (AvgIpc) is 3.11. The minimum absolute atomic E-state index is 0.109. The van der Waals surface area contributed by atoms with Crippen LogP contribution in [0.3, 0.4) is 0 Å². The van der Waals surface area contributed by atoms with Gasteiger partial charge in [0.2, 0.25) is 0 Å². The summed E-state index contributed by atoms with van der Waals surface area (Å²) in [5.41, 5.74) is 6.82. The second-order valence-corrected chi connectivity index (χ2v) is 6.10. The van der Waals surface area contributed by atoms with Gasteiger partial charge in [-0.05, 0) is 12.1 Å². The van der Waals surface area contributed by atoms with Crippen LogP contribution in [0.5, 0.6) is 0 Å². The molecule has 1 saturated heterocycles. The molecule has 1 aliphatic heterocycles. The second-order valence-electron chi connectivity index (χ2n) is 6.10. The number of aliphatic hydroxyl groups is 2. The van der Waals surface area contributed by atoms with Crippen LogP contribution in [-0.4, -0.2) is 60.6 Å². The van der Waals surface area contributed by atoms with Gasteiger partial charge >= 0.3 is 5.97 Å². The minimum Gasteiger partial charge on any atom is -0.453 e. The summed E-state index contributed by atoms with van der Waals surface area (Å²) in [6.07, 6.45) is -2.04. The number of benzene rings is 1. The van der Waals surface area contributed by atoms with Crippen LogP contribution in [-0.2, 0) is 9.47 Å². The molecular formula is C17H17N5O5. The number of rotatable bonds is 3. The highest BCUT2D eigenvalue weighted by molar-refractivity contribution is 5.89. The maximum Gasteiger partial charge on any atom is 0.338 e. The zero-order valence-corrected chi connectivity index (χ0v) is 14.0. The summed E-state index contributed by atoms with van der Waals surface area (Å²) in [7, 11) is 0. The van der Waals surface area contributed by atoms with Crippen LogP contribution in [0.4, 0.5) is 5.82 Å². The third-order valence-corrected chi connectivity index (χ3v) is 4.38. The molecule has 0 spiro atoms. The Hall–Kier alpha value is -3.08. The first-order valence-electron chi connectivity index (χ1n) is 8.23. The fraction of sp³-hybridized carbons (Fsp3) is 0.294. The molecule has 4 rings (SSSR count). The Kier molecular flexibility index (Phi) is 4.44. The standard InChI is InChI=1S/C17H17N5O5/c18-14-11-15(20-7-19-14)22(8-21-11)16-13(24)12(23)10(6-26-16)27-17(25)9-4-2-1-3-5-9/h1-5,7-8,10,12-13,16,23-24H,6H2,(H2,18,19,20)/t10-,12?,13?,16?/m1/s1. The van der Waals surface area contributed by atoms with Crippen molar-refractivity contribution in [3.8, 4) is 0 Å². The summed E-state index contributed by atoms with van der Waals surface area (Å²) in [5, 5.41) is 20.9. The van der Waals surface area contributed by atoms with Crippen LogP contribution < -0.4 is 5.73 Å². The molecule has 1 aromatic carbocycles. The van der Waals surface area contributed by atoms with Crippen molar-refractivity contribution in [3.05, 3.63) is 48.5 Å². The molecule has 0 bridgehead atoms. The van der Waals surface area contributed by atoms with Crippen molar-refractivity contribution >= 4 is 23.0 Å². The molecule has 10 nitrogen and oxygen atoms in total. The van der Waals surface area contributed by atoms with Crippen LogP contribution in [0.15, 0.2) is 43.0 Å². The van der Waals surface area contributed by atoms with Gasteiger partial charge in [0, 0.05) is 0 Å². The van der Waals surface area contributed by atoms with Crippen LogP contribution in [0.2, 0.25) is 0 Å². The number of imidazole rings is 1. The van der Waals surface area contributed by atoms with E-state index in [9.17, 15) is 15.0 Å². The lowest BCUT2D eigenvalue weighted by Gasteiger charge is -2.37. The predicted octanol–water partition coefficient (Wildman–Crippen LogP) is -0.115. The molecule has 2 aromatic heterocycles. The Balaban J connectivity index is 1.52. The number of hydrogen-bond donors (Lipinski definition) is 3. The van der Waals surface area contributed by atoms with E-state index in [1.165, 1.54) is 17.2 Å². The van der Waals surface area contributed by atoms with Crippen molar-refractivity contribution in [2.24, 2.45) is 0 Å². The van der Waals surface area contributed by atoms with E-state index in [0.717, 1.165) is 0 Å². The van der Waals surface area contributed by atoms with Crippen LogP contribution in [0, 0.1) is 0 Å². The van der Waals surface area contributed by atoms with E-state index in [-0.39, 0.29) is 12.4 Å². The van der Waals surface area contributed by atoms with Crippen molar-refractivity contribution in [1.29, 1.82) is 0 Å². The maximum absolute atomic E-state index is 12.2. The van der Waals surface area contributed by atoms with Gasteiger partial charge in [-0.3, -0.25) is 4.57 Å². The molecule has 0 saturated carbocycles. The number of fused-ring (bicyclic) bond motifs is 1. The number of carbonyl (C=O) groups is 1.